The minimum Gasteiger partial charge on any atom is -0.325 e. The highest BCUT2D eigenvalue weighted by Crippen LogP contribution is 2.30. The molecule has 0 saturated carbocycles. The number of amides is 1. The molecule has 4 aromatic carbocycles. The molecule has 2 aromatic heterocycles. The highest BCUT2D eigenvalue weighted by molar-refractivity contribution is 6.06. The van der Waals surface area contributed by atoms with Gasteiger partial charge in [0.05, 0.1) is 22.7 Å². The van der Waals surface area contributed by atoms with E-state index < -0.39 is 0 Å². The van der Waals surface area contributed by atoms with Crippen LogP contribution in [0.1, 0.15) is 10.4 Å². The number of para-hydroxylation sites is 1. The number of imidazole rings is 1. The lowest BCUT2D eigenvalue weighted by Gasteiger charge is -2.10. The Morgan fingerprint density at radius 2 is 1.68 bits per heavy atom. The Bertz CT molecular complexity index is 1630. The normalized spacial score (nSPS) is 11.1. The van der Waals surface area contributed by atoms with Crippen molar-refractivity contribution >= 4 is 45.2 Å². The van der Waals surface area contributed by atoms with Crippen LogP contribution in [0.3, 0.4) is 0 Å². The van der Waals surface area contributed by atoms with Gasteiger partial charge in [0.25, 0.3) is 5.91 Å². The molecule has 0 aliphatic rings. The summed E-state index contributed by atoms with van der Waals surface area (Å²) < 4.78 is 0. The number of benzene rings is 4. The van der Waals surface area contributed by atoms with Crippen LogP contribution in [0.2, 0.25) is 0 Å². The average Bonchev–Trinajstić information content (AvgIpc) is 3.50. The van der Waals surface area contributed by atoms with Crippen molar-refractivity contribution in [3.63, 3.8) is 0 Å². The highest BCUT2D eigenvalue weighted by atomic mass is 16.1. The van der Waals surface area contributed by atoms with Crippen LogP contribution in [0.15, 0.2) is 97.2 Å². The Kier molecular flexibility index (Phi) is 4.77. The first-order chi connectivity index (χ1) is 16.7. The molecule has 7 nitrogen and oxygen atoms in total. The topological polar surface area (TPSA) is 98.5 Å². The van der Waals surface area contributed by atoms with E-state index in [2.05, 4.69) is 49.0 Å². The fraction of sp³-hybridized carbons (Fsp3) is 0. The molecule has 4 N–H and O–H groups in total. The molecule has 164 valence electrons. The van der Waals surface area contributed by atoms with E-state index in [-0.39, 0.29) is 5.91 Å². The van der Waals surface area contributed by atoms with Gasteiger partial charge in [0.2, 0.25) is 5.95 Å². The maximum Gasteiger partial charge on any atom is 0.255 e. The predicted molar refractivity (Wildman–Crippen MR) is 135 cm³/mol. The number of hydrogen-bond donors (Lipinski definition) is 4. The van der Waals surface area contributed by atoms with Gasteiger partial charge in [-0.2, -0.15) is 5.10 Å². The van der Waals surface area contributed by atoms with Gasteiger partial charge in [-0.05, 0) is 48.0 Å². The molecular formula is C27H20N6O. The number of hydrogen-bond acceptors (Lipinski definition) is 4. The molecule has 0 atom stereocenters. The van der Waals surface area contributed by atoms with Crippen molar-refractivity contribution < 1.29 is 4.79 Å². The minimum absolute atomic E-state index is 0.195. The van der Waals surface area contributed by atoms with Crippen molar-refractivity contribution in [2.75, 3.05) is 10.6 Å². The molecule has 0 bridgehead atoms. The number of rotatable bonds is 5. The molecule has 6 rings (SSSR count). The number of anilines is 3. The van der Waals surface area contributed by atoms with E-state index in [1.165, 1.54) is 0 Å². The first-order valence-corrected chi connectivity index (χ1v) is 10.9. The molecule has 0 unspecified atom stereocenters. The molecule has 0 spiro atoms. The molecule has 6 aromatic rings. The second-order valence-electron chi connectivity index (χ2n) is 7.98. The first-order valence-electron chi connectivity index (χ1n) is 10.9. The summed E-state index contributed by atoms with van der Waals surface area (Å²) >= 11 is 0. The standard InChI is InChI=1S/C27H20N6O/c34-26(29-20-12-10-19-16-28-33-24(19)15-20)18-11-13-23-25(14-18)32-27(31-23)30-22-9-5-4-8-21(22)17-6-2-1-3-7-17/h1-16H,(H,28,33)(H,29,34)(H2,30,31,32). The number of nitrogens with one attached hydrogen (secondary N) is 4. The van der Waals surface area contributed by atoms with Crippen molar-refractivity contribution in [1.29, 1.82) is 0 Å². The number of aromatic nitrogens is 4. The number of nitrogens with zero attached hydrogens (tertiary/aromatic N) is 2. The fourth-order valence-corrected chi connectivity index (χ4v) is 4.02. The van der Waals surface area contributed by atoms with Crippen molar-refractivity contribution in [3.8, 4) is 11.1 Å². The lowest BCUT2D eigenvalue weighted by molar-refractivity contribution is 0.102. The summed E-state index contributed by atoms with van der Waals surface area (Å²) in [5.41, 5.74) is 6.80. The number of H-pyrrole nitrogens is 2. The van der Waals surface area contributed by atoms with E-state index >= 15 is 0 Å². The molecule has 0 aliphatic carbocycles. The summed E-state index contributed by atoms with van der Waals surface area (Å²) in [5.74, 6) is 0.417. The minimum atomic E-state index is -0.195. The smallest absolute Gasteiger partial charge is 0.255 e. The summed E-state index contributed by atoms with van der Waals surface area (Å²) in [7, 11) is 0. The van der Waals surface area contributed by atoms with Gasteiger partial charge in [-0.3, -0.25) is 9.89 Å². The molecule has 7 heteroatoms. The summed E-state index contributed by atoms with van der Waals surface area (Å²) in [4.78, 5) is 20.8. The lowest BCUT2D eigenvalue weighted by Crippen LogP contribution is -2.11. The van der Waals surface area contributed by atoms with Crippen LogP contribution in [0.25, 0.3) is 33.1 Å². The number of carbonyl (C=O) groups is 1. The van der Waals surface area contributed by atoms with Crippen molar-refractivity contribution in [1.82, 2.24) is 20.2 Å². The Hall–Kier alpha value is -4.91. The quantitative estimate of drug-likeness (QED) is 0.258. The van der Waals surface area contributed by atoms with Crippen LogP contribution in [0.5, 0.6) is 0 Å². The number of carbonyl (C=O) groups excluding carboxylic acids is 1. The van der Waals surface area contributed by atoms with Gasteiger partial charge in [-0.15, -0.1) is 0 Å². The highest BCUT2D eigenvalue weighted by Gasteiger charge is 2.12. The maximum absolute atomic E-state index is 12.8. The molecule has 2 heterocycles. The van der Waals surface area contributed by atoms with E-state index in [0.29, 0.717) is 17.2 Å². The predicted octanol–water partition coefficient (Wildman–Crippen LogP) is 6.10. The SMILES string of the molecule is O=C(Nc1ccc2cn[nH]c2c1)c1ccc2nc(Nc3ccccc3-c3ccccc3)[nH]c2c1. The third kappa shape index (κ3) is 3.75. The van der Waals surface area contributed by atoms with Crippen LogP contribution < -0.4 is 10.6 Å². The van der Waals surface area contributed by atoms with Gasteiger partial charge in [0.1, 0.15) is 0 Å². The van der Waals surface area contributed by atoms with E-state index in [9.17, 15) is 4.79 Å². The van der Waals surface area contributed by atoms with Gasteiger partial charge < -0.3 is 15.6 Å². The van der Waals surface area contributed by atoms with Gasteiger partial charge in [0.15, 0.2) is 0 Å². The molecule has 1 amide bonds. The van der Waals surface area contributed by atoms with E-state index in [4.69, 9.17) is 0 Å². The van der Waals surface area contributed by atoms with Crippen LogP contribution >= 0.6 is 0 Å². The number of aromatic amines is 2. The van der Waals surface area contributed by atoms with Crippen molar-refractivity contribution in [2.45, 2.75) is 0 Å². The molecule has 0 radical (unpaired) electrons. The summed E-state index contributed by atoms with van der Waals surface area (Å²) in [6, 6.07) is 29.3. The number of fused-ring (bicyclic) bond motifs is 2. The third-order valence-corrected chi connectivity index (χ3v) is 5.71. The summed E-state index contributed by atoms with van der Waals surface area (Å²) in [6.07, 6.45) is 1.75. The monoisotopic (exact) mass is 444 g/mol. The molecular weight excluding hydrogens is 424 g/mol. The molecule has 0 saturated heterocycles. The van der Waals surface area contributed by atoms with Crippen LogP contribution in [0.4, 0.5) is 17.3 Å². The lowest BCUT2D eigenvalue weighted by atomic mass is 10.0. The van der Waals surface area contributed by atoms with E-state index in [1.807, 2.05) is 60.7 Å². The Morgan fingerprint density at radius 1 is 0.824 bits per heavy atom. The van der Waals surface area contributed by atoms with Gasteiger partial charge >= 0.3 is 0 Å². The van der Waals surface area contributed by atoms with E-state index in [0.717, 1.165) is 38.8 Å². The van der Waals surface area contributed by atoms with Gasteiger partial charge in [-0.25, -0.2) is 4.98 Å². The second kappa shape index (κ2) is 8.22. The first kappa shape index (κ1) is 19.8. The van der Waals surface area contributed by atoms with Crippen molar-refractivity contribution in [2.24, 2.45) is 0 Å². The van der Waals surface area contributed by atoms with E-state index in [1.54, 1.807) is 18.3 Å². The second-order valence-corrected chi connectivity index (χ2v) is 7.98. The Balaban J connectivity index is 1.25. The maximum atomic E-state index is 12.8. The molecule has 0 aliphatic heterocycles. The molecule has 0 fully saturated rings. The summed E-state index contributed by atoms with van der Waals surface area (Å²) in [5, 5.41) is 14.2. The van der Waals surface area contributed by atoms with Crippen LogP contribution in [-0.2, 0) is 0 Å². The van der Waals surface area contributed by atoms with Gasteiger partial charge in [0, 0.05) is 27.9 Å². The van der Waals surface area contributed by atoms with Gasteiger partial charge in [-0.1, -0.05) is 48.5 Å². The van der Waals surface area contributed by atoms with Crippen LogP contribution in [0, 0.1) is 0 Å². The Morgan fingerprint density at radius 3 is 2.59 bits per heavy atom. The summed E-state index contributed by atoms with van der Waals surface area (Å²) in [6.45, 7) is 0. The van der Waals surface area contributed by atoms with Crippen molar-refractivity contribution in [3.05, 3.63) is 103 Å². The zero-order valence-corrected chi connectivity index (χ0v) is 18.0. The third-order valence-electron chi connectivity index (χ3n) is 5.71. The zero-order chi connectivity index (χ0) is 22.9. The largest absolute Gasteiger partial charge is 0.325 e. The average molecular weight is 444 g/mol. The van der Waals surface area contributed by atoms with Crippen LogP contribution in [-0.4, -0.2) is 26.1 Å². The zero-order valence-electron chi connectivity index (χ0n) is 18.0. The molecule has 34 heavy (non-hydrogen) atoms. The fourth-order valence-electron chi connectivity index (χ4n) is 4.02. The Labute approximate surface area is 194 Å².